The molecule has 8 heteroatoms. The minimum absolute atomic E-state index is 0.00725. The Bertz CT molecular complexity index is 1510. The first-order chi connectivity index (χ1) is 17.9. The number of rotatable bonds is 7. The number of Topliss-reactive ketones (excluding diaryl/α,β-unsaturated/α-hetero) is 1. The number of aromatic nitrogens is 1. The van der Waals surface area contributed by atoms with E-state index >= 15 is 0 Å². The van der Waals surface area contributed by atoms with Gasteiger partial charge in [0.05, 0.1) is 35.5 Å². The number of hydrogen-bond acceptors (Lipinski definition) is 7. The largest absolute Gasteiger partial charge is 0.507 e. The average Bonchev–Trinajstić information content (AvgIpc) is 3.46. The third-order valence-corrected chi connectivity index (χ3v) is 7.39. The van der Waals surface area contributed by atoms with Crippen molar-refractivity contribution in [3.05, 3.63) is 89.0 Å². The molecule has 2 heterocycles. The van der Waals surface area contributed by atoms with E-state index in [0.717, 1.165) is 22.2 Å². The summed E-state index contributed by atoms with van der Waals surface area (Å²) >= 11 is 1.35. The Labute approximate surface area is 218 Å². The van der Waals surface area contributed by atoms with Gasteiger partial charge in [-0.2, -0.15) is 0 Å². The third kappa shape index (κ3) is 4.44. The number of fused-ring (bicyclic) bond motifs is 1. The predicted molar refractivity (Wildman–Crippen MR) is 144 cm³/mol. The number of methoxy groups -OCH3 is 1. The van der Waals surface area contributed by atoms with Crippen molar-refractivity contribution in [1.82, 2.24) is 4.98 Å². The number of ether oxygens (including phenoxy) is 2. The minimum atomic E-state index is -0.857. The molecule has 0 saturated carbocycles. The monoisotopic (exact) mass is 514 g/mol. The van der Waals surface area contributed by atoms with Crippen LogP contribution in [0.15, 0.2) is 72.3 Å². The Morgan fingerprint density at radius 3 is 2.35 bits per heavy atom. The zero-order chi connectivity index (χ0) is 26.1. The summed E-state index contributed by atoms with van der Waals surface area (Å²) in [5.41, 5.74) is 2.98. The molecule has 5 rings (SSSR count). The molecule has 0 bridgehead atoms. The molecule has 0 unspecified atom stereocenters. The lowest BCUT2D eigenvalue weighted by Crippen LogP contribution is -2.29. The molecule has 0 aliphatic carbocycles. The normalized spacial score (nSPS) is 16.9. The molecule has 1 amide bonds. The van der Waals surface area contributed by atoms with E-state index in [9.17, 15) is 14.7 Å². The highest BCUT2D eigenvalue weighted by molar-refractivity contribution is 7.22. The lowest BCUT2D eigenvalue weighted by Gasteiger charge is -2.23. The predicted octanol–water partition coefficient (Wildman–Crippen LogP) is 5.89. The summed E-state index contributed by atoms with van der Waals surface area (Å²) in [6.07, 6.45) is 0.877. The summed E-state index contributed by atoms with van der Waals surface area (Å²) in [7, 11) is 1.55. The lowest BCUT2D eigenvalue weighted by molar-refractivity contribution is -0.132. The van der Waals surface area contributed by atoms with Crippen molar-refractivity contribution in [2.24, 2.45) is 0 Å². The zero-order valence-electron chi connectivity index (χ0n) is 20.7. The van der Waals surface area contributed by atoms with E-state index in [0.29, 0.717) is 34.4 Å². The van der Waals surface area contributed by atoms with Crippen LogP contribution in [-0.2, 0) is 16.0 Å². The number of amides is 1. The van der Waals surface area contributed by atoms with E-state index < -0.39 is 17.7 Å². The maximum atomic E-state index is 13.5. The Morgan fingerprint density at radius 2 is 1.70 bits per heavy atom. The van der Waals surface area contributed by atoms with Gasteiger partial charge in [-0.05, 0) is 73.0 Å². The number of aryl methyl sites for hydroxylation is 1. The molecule has 37 heavy (non-hydrogen) atoms. The highest BCUT2D eigenvalue weighted by Gasteiger charge is 2.48. The maximum absolute atomic E-state index is 13.5. The van der Waals surface area contributed by atoms with Crippen LogP contribution in [0.5, 0.6) is 11.5 Å². The fraction of sp³-hybridized carbons (Fsp3) is 0.207. The topological polar surface area (TPSA) is 89.0 Å². The van der Waals surface area contributed by atoms with E-state index in [4.69, 9.17) is 14.5 Å². The summed E-state index contributed by atoms with van der Waals surface area (Å²) in [4.78, 5) is 33.0. The molecule has 1 aliphatic heterocycles. The number of aliphatic hydroxyl groups excluding tert-OH is 1. The Balaban J connectivity index is 1.67. The van der Waals surface area contributed by atoms with Gasteiger partial charge in [0, 0.05) is 5.56 Å². The van der Waals surface area contributed by atoms with Crippen molar-refractivity contribution in [2.75, 3.05) is 18.6 Å². The molecule has 188 valence electrons. The second-order valence-corrected chi connectivity index (χ2v) is 9.56. The number of aliphatic hydroxyl groups is 1. The van der Waals surface area contributed by atoms with Crippen LogP contribution in [0.4, 0.5) is 5.13 Å². The quantitative estimate of drug-likeness (QED) is 0.188. The Kier molecular flexibility index (Phi) is 6.67. The molecule has 0 radical (unpaired) electrons. The van der Waals surface area contributed by atoms with Gasteiger partial charge in [-0.3, -0.25) is 14.5 Å². The summed E-state index contributed by atoms with van der Waals surface area (Å²) in [5.74, 6) is -0.465. The summed E-state index contributed by atoms with van der Waals surface area (Å²) in [6.45, 7) is 4.49. The van der Waals surface area contributed by atoms with E-state index in [1.807, 2.05) is 19.1 Å². The van der Waals surface area contributed by atoms with Crippen molar-refractivity contribution in [3.8, 4) is 11.5 Å². The standard InChI is InChI=1S/C29H26N2O5S/c1-4-17-6-15-22-23(16-17)37-29(30-22)31-25(18-7-13-21(14-8-18)36-5-2)24(27(33)28(31)34)26(32)19-9-11-20(35-3)12-10-19/h6-16,25,32H,4-5H2,1-3H3/b26-24+/t25-/m1/s1. The summed E-state index contributed by atoms with van der Waals surface area (Å²) < 4.78 is 11.7. The first-order valence-electron chi connectivity index (χ1n) is 12.0. The van der Waals surface area contributed by atoms with Gasteiger partial charge in [0.2, 0.25) is 0 Å². The number of nitrogens with zero attached hydrogens (tertiary/aromatic N) is 2. The molecule has 0 spiro atoms. The maximum Gasteiger partial charge on any atom is 0.301 e. The molecule has 7 nitrogen and oxygen atoms in total. The lowest BCUT2D eigenvalue weighted by atomic mass is 9.95. The average molecular weight is 515 g/mol. The fourth-order valence-corrected chi connectivity index (χ4v) is 5.50. The van der Waals surface area contributed by atoms with Crippen molar-refractivity contribution < 1.29 is 24.2 Å². The highest BCUT2D eigenvalue weighted by atomic mass is 32.1. The van der Waals surface area contributed by atoms with E-state index in [2.05, 4.69) is 13.0 Å². The molecule has 1 saturated heterocycles. The van der Waals surface area contributed by atoms with Gasteiger partial charge in [0.25, 0.3) is 5.78 Å². The van der Waals surface area contributed by atoms with E-state index in [1.54, 1.807) is 55.6 Å². The first kappa shape index (κ1) is 24.5. The number of benzene rings is 3. The highest BCUT2D eigenvalue weighted by Crippen LogP contribution is 2.44. The van der Waals surface area contributed by atoms with Crippen LogP contribution in [0, 0.1) is 0 Å². The molecule has 1 fully saturated rings. The molecule has 1 N–H and O–H groups in total. The summed E-state index contributed by atoms with van der Waals surface area (Å²) in [5, 5.41) is 11.7. The van der Waals surface area contributed by atoms with Gasteiger partial charge in [0.15, 0.2) is 5.13 Å². The number of carbonyl (C=O) groups is 2. The van der Waals surface area contributed by atoms with Crippen LogP contribution >= 0.6 is 11.3 Å². The van der Waals surface area contributed by atoms with Gasteiger partial charge in [-0.25, -0.2) is 4.98 Å². The number of hydrogen-bond donors (Lipinski definition) is 1. The molecule has 1 aromatic heterocycles. The first-order valence-corrected chi connectivity index (χ1v) is 12.8. The Morgan fingerprint density at radius 1 is 1.00 bits per heavy atom. The number of anilines is 1. The molecule has 4 aromatic rings. The number of carbonyl (C=O) groups excluding carboxylic acids is 2. The van der Waals surface area contributed by atoms with E-state index in [-0.39, 0.29) is 11.3 Å². The number of ketones is 1. The van der Waals surface area contributed by atoms with Crippen LogP contribution in [0.2, 0.25) is 0 Å². The third-order valence-electron chi connectivity index (χ3n) is 6.37. The second kappa shape index (κ2) is 10.1. The van der Waals surface area contributed by atoms with Crippen molar-refractivity contribution >= 4 is 44.1 Å². The van der Waals surface area contributed by atoms with Crippen molar-refractivity contribution in [2.45, 2.75) is 26.3 Å². The molecule has 1 aliphatic rings. The second-order valence-electron chi connectivity index (χ2n) is 8.55. The van der Waals surface area contributed by atoms with Crippen LogP contribution in [-0.4, -0.2) is 35.5 Å². The van der Waals surface area contributed by atoms with Gasteiger partial charge in [0.1, 0.15) is 17.3 Å². The summed E-state index contributed by atoms with van der Waals surface area (Å²) in [6, 6.07) is 19.0. The van der Waals surface area contributed by atoms with Crippen LogP contribution in [0.25, 0.3) is 16.0 Å². The SMILES string of the molecule is CCOc1ccc([C@@H]2/C(=C(\O)c3ccc(OC)cc3)C(=O)C(=O)N2c2nc3ccc(CC)cc3s2)cc1. The molecular weight excluding hydrogens is 488 g/mol. The minimum Gasteiger partial charge on any atom is -0.507 e. The van der Waals surface area contributed by atoms with Gasteiger partial charge >= 0.3 is 5.91 Å². The Hall–Kier alpha value is -4.17. The van der Waals surface area contributed by atoms with Gasteiger partial charge < -0.3 is 14.6 Å². The van der Waals surface area contributed by atoms with Crippen LogP contribution in [0.1, 0.15) is 36.6 Å². The van der Waals surface area contributed by atoms with Gasteiger partial charge in [-0.1, -0.05) is 36.5 Å². The molecular formula is C29H26N2O5S. The van der Waals surface area contributed by atoms with E-state index in [1.165, 1.54) is 16.2 Å². The molecule has 3 aromatic carbocycles. The van der Waals surface area contributed by atoms with Crippen molar-refractivity contribution in [1.29, 1.82) is 0 Å². The zero-order valence-corrected chi connectivity index (χ0v) is 21.5. The molecule has 1 atom stereocenters. The number of thiazole rings is 1. The van der Waals surface area contributed by atoms with Crippen molar-refractivity contribution in [3.63, 3.8) is 0 Å². The fourth-order valence-electron chi connectivity index (χ4n) is 4.44. The van der Waals surface area contributed by atoms with Gasteiger partial charge in [-0.15, -0.1) is 0 Å². The van der Waals surface area contributed by atoms with Crippen LogP contribution < -0.4 is 14.4 Å². The smallest absolute Gasteiger partial charge is 0.301 e. The van der Waals surface area contributed by atoms with Crippen LogP contribution in [0.3, 0.4) is 0 Å².